The van der Waals surface area contributed by atoms with Gasteiger partial charge in [-0.25, -0.2) is 0 Å². The van der Waals surface area contributed by atoms with Crippen molar-refractivity contribution >= 4 is 16.8 Å². The van der Waals surface area contributed by atoms with E-state index in [0.29, 0.717) is 5.69 Å². The standard InChI is InChI=1S/C17H25N3O/c1-13(2)9-5-3-4-8-12-18-17(21)16-14-10-6-7-11-15(14)19-20-16/h6-7,10-11,13H,3-5,8-9,12H2,1-2H3,(H,18,21)(H,19,20). The summed E-state index contributed by atoms with van der Waals surface area (Å²) in [6, 6.07) is 7.69. The van der Waals surface area contributed by atoms with E-state index in [4.69, 9.17) is 0 Å². The maximum absolute atomic E-state index is 12.1. The molecule has 0 aliphatic heterocycles. The first-order valence-corrected chi connectivity index (χ1v) is 7.90. The Hall–Kier alpha value is -1.84. The lowest BCUT2D eigenvalue weighted by atomic mass is 10.0. The molecular formula is C17H25N3O. The van der Waals surface area contributed by atoms with Gasteiger partial charge in [0.1, 0.15) is 0 Å². The number of nitrogens with zero attached hydrogens (tertiary/aromatic N) is 1. The van der Waals surface area contributed by atoms with E-state index in [1.54, 1.807) is 0 Å². The number of amides is 1. The fourth-order valence-electron chi connectivity index (χ4n) is 2.45. The fraction of sp³-hybridized carbons (Fsp3) is 0.529. The molecule has 2 rings (SSSR count). The van der Waals surface area contributed by atoms with Gasteiger partial charge in [0.2, 0.25) is 0 Å². The van der Waals surface area contributed by atoms with Crippen LogP contribution in [0.2, 0.25) is 0 Å². The van der Waals surface area contributed by atoms with Gasteiger partial charge in [-0.05, 0) is 18.4 Å². The molecule has 0 aliphatic carbocycles. The fourth-order valence-corrected chi connectivity index (χ4v) is 2.45. The molecule has 0 spiro atoms. The summed E-state index contributed by atoms with van der Waals surface area (Å²) in [5, 5.41) is 10.8. The molecule has 0 unspecified atom stereocenters. The van der Waals surface area contributed by atoms with E-state index in [1.807, 2.05) is 24.3 Å². The maximum atomic E-state index is 12.1. The molecule has 1 aromatic heterocycles. The molecule has 0 saturated heterocycles. The molecule has 0 fully saturated rings. The van der Waals surface area contributed by atoms with Gasteiger partial charge in [0, 0.05) is 11.9 Å². The molecule has 2 N–H and O–H groups in total. The predicted molar refractivity (Wildman–Crippen MR) is 86.3 cm³/mol. The van der Waals surface area contributed by atoms with Crippen LogP contribution in [-0.2, 0) is 0 Å². The van der Waals surface area contributed by atoms with Crippen molar-refractivity contribution in [3.05, 3.63) is 30.0 Å². The van der Waals surface area contributed by atoms with E-state index < -0.39 is 0 Å². The molecule has 0 bridgehead atoms. The van der Waals surface area contributed by atoms with Crippen molar-refractivity contribution in [3.8, 4) is 0 Å². The van der Waals surface area contributed by atoms with Crippen molar-refractivity contribution in [2.45, 2.75) is 46.0 Å². The lowest BCUT2D eigenvalue weighted by Crippen LogP contribution is -2.24. The molecule has 2 aromatic rings. The molecular weight excluding hydrogens is 262 g/mol. The summed E-state index contributed by atoms with van der Waals surface area (Å²) < 4.78 is 0. The van der Waals surface area contributed by atoms with Crippen molar-refractivity contribution in [1.29, 1.82) is 0 Å². The highest BCUT2D eigenvalue weighted by molar-refractivity contribution is 6.04. The maximum Gasteiger partial charge on any atom is 0.272 e. The summed E-state index contributed by atoms with van der Waals surface area (Å²) in [5.41, 5.74) is 1.39. The SMILES string of the molecule is CC(C)CCCCCCNC(=O)c1n[nH]c2ccccc12. The van der Waals surface area contributed by atoms with E-state index in [0.717, 1.165) is 29.8 Å². The number of carbonyl (C=O) groups is 1. The minimum atomic E-state index is -0.0883. The normalized spacial score (nSPS) is 11.2. The molecule has 21 heavy (non-hydrogen) atoms. The highest BCUT2D eigenvalue weighted by Gasteiger charge is 2.12. The van der Waals surface area contributed by atoms with Gasteiger partial charge in [-0.15, -0.1) is 0 Å². The van der Waals surface area contributed by atoms with Crippen LogP contribution in [0.25, 0.3) is 10.9 Å². The predicted octanol–water partition coefficient (Wildman–Crippen LogP) is 3.90. The van der Waals surface area contributed by atoms with Crippen LogP contribution in [0.3, 0.4) is 0 Å². The number of aromatic nitrogens is 2. The van der Waals surface area contributed by atoms with Crippen LogP contribution < -0.4 is 5.32 Å². The number of H-pyrrole nitrogens is 1. The zero-order chi connectivity index (χ0) is 15.1. The summed E-state index contributed by atoms with van der Waals surface area (Å²) in [6.07, 6.45) is 6.04. The van der Waals surface area contributed by atoms with Crippen molar-refractivity contribution in [2.24, 2.45) is 5.92 Å². The summed E-state index contributed by atoms with van der Waals surface area (Å²) in [4.78, 5) is 12.1. The first-order valence-electron chi connectivity index (χ1n) is 7.90. The first kappa shape index (κ1) is 15.5. The van der Waals surface area contributed by atoms with Gasteiger partial charge in [0.25, 0.3) is 5.91 Å². The molecule has 0 radical (unpaired) electrons. The molecule has 1 aromatic carbocycles. The average molecular weight is 287 g/mol. The molecule has 0 aliphatic rings. The van der Waals surface area contributed by atoms with Crippen LogP contribution in [0.5, 0.6) is 0 Å². The Morgan fingerprint density at radius 2 is 1.95 bits per heavy atom. The second kappa shape index (κ2) is 7.81. The number of benzene rings is 1. The third kappa shape index (κ3) is 4.59. The zero-order valence-corrected chi connectivity index (χ0v) is 13.0. The number of hydrogen-bond donors (Lipinski definition) is 2. The number of hydrogen-bond acceptors (Lipinski definition) is 2. The molecule has 4 heteroatoms. The number of nitrogens with one attached hydrogen (secondary N) is 2. The Labute approximate surface area is 126 Å². The third-order valence-corrected chi connectivity index (χ3v) is 3.68. The summed E-state index contributed by atoms with van der Waals surface area (Å²) in [7, 11) is 0. The Morgan fingerprint density at radius 3 is 2.76 bits per heavy atom. The van der Waals surface area contributed by atoms with Gasteiger partial charge < -0.3 is 5.32 Å². The lowest BCUT2D eigenvalue weighted by molar-refractivity contribution is 0.0949. The van der Waals surface area contributed by atoms with Gasteiger partial charge in [0.05, 0.1) is 5.52 Å². The molecule has 1 heterocycles. The minimum absolute atomic E-state index is 0.0883. The molecule has 1 amide bonds. The number of unbranched alkanes of at least 4 members (excludes halogenated alkanes) is 3. The van der Waals surface area contributed by atoms with Gasteiger partial charge in [-0.3, -0.25) is 9.89 Å². The lowest BCUT2D eigenvalue weighted by Gasteiger charge is -2.05. The smallest absolute Gasteiger partial charge is 0.272 e. The van der Waals surface area contributed by atoms with Crippen molar-refractivity contribution in [1.82, 2.24) is 15.5 Å². The highest BCUT2D eigenvalue weighted by Crippen LogP contribution is 2.14. The van der Waals surface area contributed by atoms with Crippen molar-refractivity contribution in [3.63, 3.8) is 0 Å². The summed E-state index contributed by atoms with van der Waals surface area (Å²) >= 11 is 0. The van der Waals surface area contributed by atoms with Gasteiger partial charge >= 0.3 is 0 Å². The Morgan fingerprint density at radius 1 is 1.19 bits per heavy atom. The third-order valence-electron chi connectivity index (χ3n) is 3.68. The molecule has 0 saturated carbocycles. The summed E-state index contributed by atoms with van der Waals surface area (Å²) in [5.74, 6) is 0.701. The van der Waals surface area contributed by atoms with Crippen molar-refractivity contribution < 1.29 is 4.79 Å². The number of carbonyl (C=O) groups excluding carboxylic acids is 1. The van der Waals surface area contributed by atoms with Gasteiger partial charge in [-0.1, -0.05) is 57.7 Å². The van der Waals surface area contributed by atoms with Crippen LogP contribution in [0, 0.1) is 5.92 Å². The quantitative estimate of drug-likeness (QED) is 0.723. The second-order valence-electron chi connectivity index (χ2n) is 5.97. The van der Waals surface area contributed by atoms with E-state index in [9.17, 15) is 4.79 Å². The molecule has 0 atom stereocenters. The Kier molecular flexibility index (Phi) is 5.78. The van der Waals surface area contributed by atoms with Crippen LogP contribution in [0.1, 0.15) is 56.4 Å². The van der Waals surface area contributed by atoms with Crippen LogP contribution in [0.15, 0.2) is 24.3 Å². The van der Waals surface area contributed by atoms with Crippen LogP contribution >= 0.6 is 0 Å². The Bertz CT molecular complexity index is 574. The largest absolute Gasteiger partial charge is 0.351 e. The number of para-hydroxylation sites is 1. The van der Waals surface area contributed by atoms with E-state index in [-0.39, 0.29) is 5.91 Å². The molecule has 114 valence electrons. The number of fused-ring (bicyclic) bond motifs is 1. The second-order valence-corrected chi connectivity index (χ2v) is 5.97. The van der Waals surface area contributed by atoms with Gasteiger partial charge in [0.15, 0.2) is 5.69 Å². The van der Waals surface area contributed by atoms with E-state index >= 15 is 0 Å². The van der Waals surface area contributed by atoms with Crippen LogP contribution in [0.4, 0.5) is 0 Å². The topological polar surface area (TPSA) is 57.8 Å². The van der Waals surface area contributed by atoms with E-state index in [2.05, 4.69) is 29.4 Å². The summed E-state index contributed by atoms with van der Waals surface area (Å²) in [6.45, 7) is 5.24. The number of aromatic amines is 1. The first-order chi connectivity index (χ1) is 10.2. The van der Waals surface area contributed by atoms with Gasteiger partial charge in [-0.2, -0.15) is 5.10 Å². The van der Waals surface area contributed by atoms with E-state index in [1.165, 1.54) is 25.7 Å². The Balaban J connectivity index is 1.70. The minimum Gasteiger partial charge on any atom is -0.351 e. The zero-order valence-electron chi connectivity index (χ0n) is 13.0. The van der Waals surface area contributed by atoms with Crippen molar-refractivity contribution in [2.75, 3.05) is 6.54 Å². The van der Waals surface area contributed by atoms with Crippen LogP contribution in [-0.4, -0.2) is 22.6 Å². The highest BCUT2D eigenvalue weighted by atomic mass is 16.1. The number of rotatable bonds is 8. The average Bonchev–Trinajstić information content (AvgIpc) is 2.89. The molecule has 4 nitrogen and oxygen atoms in total. The monoisotopic (exact) mass is 287 g/mol.